The van der Waals surface area contributed by atoms with Gasteiger partial charge in [-0.25, -0.2) is 4.98 Å². The molecule has 3 aromatic rings. The number of thiazole rings is 1. The van der Waals surface area contributed by atoms with Gasteiger partial charge >= 0.3 is 6.01 Å². The molecule has 1 amide bonds. The quantitative estimate of drug-likeness (QED) is 0.804. The molecule has 0 radical (unpaired) electrons. The molecule has 0 spiro atoms. The molecule has 0 saturated heterocycles. The molecule has 6 nitrogen and oxygen atoms in total. The Morgan fingerprint density at radius 2 is 2.20 bits per heavy atom. The molecule has 0 aliphatic carbocycles. The van der Waals surface area contributed by atoms with Crippen molar-refractivity contribution >= 4 is 34.6 Å². The molecule has 20 heavy (non-hydrogen) atoms. The number of hydrogen-bond donors (Lipinski definition) is 1. The molecule has 0 aliphatic heterocycles. The van der Waals surface area contributed by atoms with Gasteiger partial charge in [-0.15, -0.1) is 16.4 Å². The minimum absolute atomic E-state index is 0.0849. The maximum absolute atomic E-state index is 12.1. The molecule has 3 aromatic heterocycles. The number of carbonyl (C=O) groups excluding carboxylic acids is 1. The first-order valence-corrected chi connectivity index (χ1v) is 7.51. The van der Waals surface area contributed by atoms with Crippen molar-refractivity contribution in [1.29, 1.82) is 0 Å². The van der Waals surface area contributed by atoms with E-state index in [0.29, 0.717) is 16.5 Å². The highest BCUT2D eigenvalue weighted by Gasteiger charge is 2.17. The molecular weight excluding hydrogens is 296 g/mol. The number of thiophene rings is 1. The molecule has 102 valence electrons. The summed E-state index contributed by atoms with van der Waals surface area (Å²) in [5, 5.41) is 15.0. The fourth-order valence-corrected chi connectivity index (χ4v) is 3.12. The Morgan fingerprint density at radius 1 is 1.35 bits per heavy atom. The molecule has 3 heterocycles. The summed E-state index contributed by atoms with van der Waals surface area (Å²) in [6.07, 6.45) is 0. The van der Waals surface area contributed by atoms with Crippen LogP contribution in [0.4, 0.5) is 6.01 Å². The Bertz CT molecular complexity index is 745. The zero-order valence-corrected chi connectivity index (χ0v) is 12.3. The maximum Gasteiger partial charge on any atom is 0.322 e. The zero-order chi connectivity index (χ0) is 14.1. The Morgan fingerprint density at radius 3 is 2.85 bits per heavy atom. The third kappa shape index (κ3) is 2.47. The molecule has 0 aliphatic rings. The number of anilines is 1. The van der Waals surface area contributed by atoms with Crippen LogP contribution in [0.25, 0.3) is 11.5 Å². The first-order chi connectivity index (χ1) is 9.63. The van der Waals surface area contributed by atoms with Crippen molar-refractivity contribution < 1.29 is 9.21 Å². The molecule has 0 fully saturated rings. The van der Waals surface area contributed by atoms with Crippen molar-refractivity contribution in [1.82, 2.24) is 15.2 Å². The number of amides is 1. The number of nitrogens with zero attached hydrogens (tertiary/aromatic N) is 3. The van der Waals surface area contributed by atoms with Crippen LogP contribution in [0.3, 0.4) is 0 Å². The fourth-order valence-electron chi connectivity index (χ4n) is 1.67. The minimum Gasteiger partial charge on any atom is -0.403 e. The number of aryl methyl sites for hydroxylation is 2. The molecule has 1 N–H and O–H groups in total. The monoisotopic (exact) mass is 306 g/mol. The van der Waals surface area contributed by atoms with E-state index >= 15 is 0 Å². The summed E-state index contributed by atoms with van der Waals surface area (Å²) in [5.74, 6) is 0.104. The Labute approximate surface area is 122 Å². The standard InChI is InChI=1S/C12H10N4O2S2/c1-6-9(20-7(2)13-6)10(17)14-12-16-15-11(18-12)8-3-4-19-5-8/h3-5H,1-2H3,(H,14,16,17). The average Bonchev–Trinajstić information content (AvgIpc) is 3.09. The second-order valence-electron chi connectivity index (χ2n) is 4.03. The molecule has 3 rings (SSSR count). The molecule has 0 atom stereocenters. The van der Waals surface area contributed by atoms with E-state index in [9.17, 15) is 4.79 Å². The topological polar surface area (TPSA) is 80.9 Å². The highest BCUT2D eigenvalue weighted by molar-refractivity contribution is 7.13. The lowest BCUT2D eigenvalue weighted by molar-refractivity contribution is 0.102. The normalized spacial score (nSPS) is 10.7. The third-order valence-electron chi connectivity index (χ3n) is 2.52. The molecule has 8 heteroatoms. The lowest BCUT2D eigenvalue weighted by Gasteiger charge is -1.97. The summed E-state index contributed by atoms with van der Waals surface area (Å²) in [4.78, 5) is 16.8. The van der Waals surface area contributed by atoms with E-state index in [1.165, 1.54) is 22.7 Å². The summed E-state index contributed by atoms with van der Waals surface area (Å²) in [6.45, 7) is 3.65. The highest BCUT2D eigenvalue weighted by Crippen LogP contribution is 2.23. The second kappa shape index (κ2) is 5.14. The highest BCUT2D eigenvalue weighted by atomic mass is 32.1. The van der Waals surface area contributed by atoms with E-state index in [0.717, 1.165) is 10.6 Å². The van der Waals surface area contributed by atoms with E-state index in [-0.39, 0.29) is 11.9 Å². The van der Waals surface area contributed by atoms with Crippen molar-refractivity contribution in [3.8, 4) is 11.5 Å². The Hall–Kier alpha value is -2.06. The van der Waals surface area contributed by atoms with Crippen LogP contribution in [0.5, 0.6) is 0 Å². The largest absolute Gasteiger partial charge is 0.403 e. The van der Waals surface area contributed by atoms with Gasteiger partial charge in [0.25, 0.3) is 11.8 Å². The van der Waals surface area contributed by atoms with E-state index in [1.54, 1.807) is 6.92 Å². The van der Waals surface area contributed by atoms with Gasteiger partial charge in [-0.2, -0.15) is 11.3 Å². The summed E-state index contributed by atoms with van der Waals surface area (Å²) < 4.78 is 5.40. The van der Waals surface area contributed by atoms with Gasteiger partial charge in [0.15, 0.2) is 0 Å². The number of nitrogens with one attached hydrogen (secondary N) is 1. The number of rotatable bonds is 3. The van der Waals surface area contributed by atoms with Gasteiger partial charge in [-0.3, -0.25) is 10.1 Å². The molecule has 0 aromatic carbocycles. The smallest absolute Gasteiger partial charge is 0.322 e. The van der Waals surface area contributed by atoms with E-state index in [2.05, 4.69) is 20.5 Å². The van der Waals surface area contributed by atoms with E-state index in [4.69, 9.17) is 4.42 Å². The Kier molecular flexibility index (Phi) is 3.33. The molecular formula is C12H10N4O2S2. The lowest BCUT2D eigenvalue weighted by atomic mass is 10.3. The third-order valence-corrected chi connectivity index (χ3v) is 4.28. The van der Waals surface area contributed by atoms with Crippen LogP contribution in [-0.4, -0.2) is 21.1 Å². The lowest BCUT2D eigenvalue weighted by Crippen LogP contribution is -2.11. The average molecular weight is 306 g/mol. The summed E-state index contributed by atoms with van der Waals surface area (Å²) >= 11 is 2.87. The van der Waals surface area contributed by atoms with Crippen molar-refractivity contribution in [3.05, 3.63) is 32.4 Å². The summed E-state index contributed by atoms with van der Waals surface area (Å²) in [7, 11) is 0. The molecule has 0 unspecified atom stereocenters. The van der Waals surface area contributed by atoms with Crippen LogP contribution in [0, 0.1) is 13.8 Å². The van der Waals surface area contributed by atoms with Gasteiger partial charge in [-0.05, 0) is 25.3 Å². The van der Waals surface area contributed by atoms with Crippen molar-refractivity contribution in [2.75, 3.05) is 5.32 Å². The van der Waals surface area contributed by atoms with Gasteiger partial charge in [0, 0.05) is 10.9 Å². The predicted molar refractivity (Wildman–Crippen MR) is 77.2 cm³/mol. The van der Waals surface area contributed by atoms with Crippen molar-refractivity contribution in [3.63, 3.8) is 0 Å². The molecule has 0 bridgehead atoms. The Balaban J connectivity index is 1.78. The van der Waals surface area contributed by atoms with Crippen LogP contribution in [0.2, 0.25) is 0 Å². The number of hydrogen-bond acceptors (Lipinski definition) is 7. The van der Waals surface area contributed by atoms with Crippen LogP contribution in [-0.2, 0) is 0 Å². The maximum atomic E-state index is 12.1. The first-order valence-electron chi connectivity index (χ1n) is 5.75. The number of carbonyl (C=O) groups is 1. The summed E-state index contributed by atoms with van der Waals surface area (Å²) in [5.41, 5.74) is 1.54. The molecule has 0 saturated carbocycles. The van der Waals surface area contributed by atoms with Crippen LogP contribution >= 0.6 is 22.7 Å². The second-order valence-corrected chi connectivity index (χ2v) is 6.01. The predicted octanol–water partition coefficient (Wildman–Crippen LogP) is 3.12. The van der Waals surface area contributed by atoms with Crippen LogP contribution in [0.15, 0.2) is 21.2 Å². The number of aromatic nitrogens is 3. The van der Waals surface area contributed by atoms with E-state index in [1.807, 2.05) is 23.8 Å². The summed E-state index contributed by atoms with van der Waals surface area (Å²) in [6, 6.07) is 1.96. The SMILES string of the molecule is Cc1nc(C)c(C(=O)Nc2nnc(-c3ccsc3)o2)s1. The van der Waals surface area contributed by atoms with E-state index < -0.39 is 0 Å². The van der Waals surface area contributed by atoms with Gasteiger partial charge in [0.1, 0.15) is 4.88 Å². The van der Waals surface area contributed by atoms with Crippen molar-refractivity contribution in [2.45, 2.75) is 13.8 Å². The first kappa shape index (κ1) is 12.9. The van der Waals surface area contributed by atoms with Gasteiger partial charge in [-0.1, -0.05) is 5.10 Å². The van der Waals surface area contributed by atoms with Gasteiger partial charge < -0.3 is 4.42 Å². The van der Waals surface area contributed by atoms with Gasteiger partial charge in [0.2, 0.25) is 0 Å². The van der Waals surface area contributed by atoms with Crippen LogP contribution in [0.1, 0.15) is 20.4 Å². The van der Waals surface area contributed by atoms with Gasteiger partial charge in [0.05, 0.1) is 10.7 Å². The zero-order valence-electron chi connectivity index (χ0n) is 10.7. The minimum atomic E-state index is -0.284. The van der Waals surface area contributed by atoms with Crippen molar-refractivity contribution in [2.24, 2.45) is 0 Å². The van der Waals surface area contributed by atoms with Crippen LogP contribution < -0.4 is 5.32 Å². The fraction of sp³-hybridized carbons (Fsp3) is 0.167.